The van der Waals surface area contributed by atoms with Crippen molar-refractivity contribution in [3.05, 3.63) is 24.3 Å². The predicted octanol–water partition coefficient (Wildman–Crippen LogP) is 22.9. The van der Waals surface area contributed by atoms with Crippen LogP contribution in [0.5, 0.6) is 0 Å². The molecule has 0 aromatic carbocycles. The van der Waals surface area contributed by atoms with E-state index in [1.54, 1.807) is 6.08 Å². The lowest BCUT2D eigenvalue weighted by Gasteiger charge is -2.20. The van der Waals surface area contributed by atoms with E-state index in [1.165, 1.54) is 334 Å². The van der Waals surface area contributed by atoms with Crippen LogP contribution in [0.4, 0.5) is 0 Å². The third-order valence-electron chi connectivity index (χ3n) is 16.7. The summed E-state index contributed by atoms with van der Waals surface area (Å²) in [5, 5.41) is 23.3. The summed E-state index contributed by atoms with van der Waals surface area (Å²) in [5.41, 5.74) is 0. The quantitative estimate of drug-likeness (QED) is 0.0320. The van der Waals surface area contributed by atoms with Crippen molar-refractivity contribution >= 4 is 11.9 Å². The fourth-order valence-corrected chi connectivity index (χ4v) is 11.3. The monoisotopic (exact) mass is 1100 g/mol. The van der Waals surface area contributed by atoms with E-state index in [2.05, 4.69) is 31.3 Å². The van der Waals surface area contributed by atoms with E-state index < -0.39 is 12.1 Å². The Morgan fingerprint density at radius 1 is 0.346 bits per heavy atom. The second-order valence-corrected chi connectivity index (χ2v) is 24.6. The molecule has 78 heavy (non-hydrogen) atoms. The Kier molecular flexibility index (Phi) is 66.4. The van der Waals surface area contributed by atoms with Crippen LogP contribution < -0.4 is 5.32 Å². The zero-order chi connectivity index (χ0) is 56.4. The second-order valence-electron chi connectivity index (χ2n) is 24.6. The molecule has 0 aliphatic carbocycles. The largest absolute Gasteiger partial charge is 0.466 e. The summed E-state index contributed by atoms with van der Waals surface area (Å²) < 4.78 is 5.48. The van der Waals surface area contributed by atoms with Crippen molar-refractivity contribution in [2.75, 3.05) is 13.2 Å². The maximum Gasteiger partial charge on any atom is 0.305 e. The van der Waals surface area contributed by atoms with Crippen LogP contribution in [0.1, 0.15) is 399 Å². The van der Waals surface area contributed by atoms with Crippen molar-refractivity contribution in [2.24, 2.45) is 0 Å². The van der Waals surface area contributed by atoms with Crippen molar-refractivity contribution < 1.29 is 24.5 Å². The van der Waals surface area contributed by atoms with Crippen LogP contribution in [0.3, 0.4) is 0 Å². The molecule has 6 heteroatoms. The second kappa shape index (κ2) is 67.8. The summed E-state index contributed by atoms with van der Waals surface area (Å²) in [5.74, 6) is -0.0469. The highest BCUT2D eigenvalue weighted by Gasteiger charge is 2.18. The first-order valence-corrected chi connectivity index (χ1v) is 35.6. The zero-order valence-corrected chi connectivity index (χ0v) is 52.9. The van der Waals surface area contributed by atoms with Gasteiger partial charge >= 0.3 is 5.97 Å². The third kappa shape index (κ3) is 63.5. The SMILES string of the molecule is CCCCCCCCCCCCCCCCCCCCC/C=C/C(O)C(CO)NC(=O)CCCCCCCCCCCCCC/C=C\CCCCCCCCCCCCCCOC(=O)CCCCCCCCCCCCCC. The van der Waals surface area contributed by atoms with Gasteiger partial charge in [0, 0.05) is 12.8 Å². The molecule has 0 fully saturated rings. The Morgan fingerprint density at radius 3 is 0.910 bits per heavy atom. The average molecular weight is 1100 g/mol. The van der Waals surface area contributed by atoms with Crippen molar-refractivity contribution in [3.63, 3.8) is 0 Å². The van der Waals surface area contributed by atoms with Crippen LogP contribution in [-0.2, 0) is 14.3 Å². The fourth-order valence-electron chi connectivity index (χ4n) is 11.3. The third-order valence-corrected chi connectivity index (χ3v) is 16.7. The Morgan fingerprint density at radius 2 is 0.603 bits per heavy atom. The average Bonchev–Trinajstić information content (AvgIpc) is 3.44. The van der Waals surface area contributed by atoms with E-state index in [4.69, 9.17) is 4.74 Å². The van der Waals surface area contributed by atoms with Crippen molar-refractivity contribution in [2.45, 2.75) is 411 Å². The van der Waals surface area contributed by atoms with Gasteiger partial charge in [-0.1, -0.05) is 353 Å². The van der Waals surface area contributed by atoms with Crippen molar-refractivity contribution in [3.8, 4) is 0 Å². The number of ether oxygens (including phenoxy) is 1. The number of nitrogens with one attached hydrogen (secondary N) is 1. The van der Waals surface area contributed by atoms with Crippen LogP contribution in [0.15, 0.2) is 24.3 Å². The molecule has 2 unspecified atom stereocenters. The normalized spacial score (nSPS) is 12.6. The molecule has 0 saturated carbocycles. The van der Waals surface area contributed by atoms with Gasteiger partial charge in [0.2, 0.25) is 5.91 Å². The van der Waals surface area contributed by atoms with Gasteiger partial charge in [-0.2, -0.15) is 0 Å². The van der Waals surface area contributed by atoms with Crippen LogP contribution >= 0.6 is 0 Å². The first-order chi connectivity index (χ1) is 38.5. The lowest BCUT2D eigenvalue weighted by atomic mass is 10.0. The Labute approximate surface area is 488 Å². The number of carbonyl (C=O) groups excluding carboxylic acids is 2. The van der Waals surface area contributed by atoms with Gasteiger partial charge in [0.25, 0.3) is 0 Å². The Hall–Kier alpha value is -1.66. The summed E-state index contributed by atoms with van der Waals surface area (Å²) in [7, 11) is 0. The zero-order valence-electron chi connectivity index (χ0n) is 52.9. The van der Waals surface area contributed by atoms with E-state index in [0.29, 0.717) is 19.4 Å². The number of hydrogen-bond acceptors (Lipinski definition) is 5. The minimum atomic E-state index is -0.845. The number of aliphatic hydroxyl groups excluding tert-OH is 2. The lowest BCUT2D eigenvalue weighted by Crippen LogP contribution is -2.45. The minimum Gasteiger partial charge on any atom is -0.466 e. The molecule has 0 aromatic heterocycles. The number of hydrogen-bond donors (Lipinski definition) is 3. The van der Waals surface area contributed by atoms with Gasteiger partial charge in [0.15, 0.2) is 0 Å². The smallest absolute Gasteiger partial charge is 0.305 e. The molecule has 0 spiro atoms. The molecule has 6 nitrogen and oxygen atoms in total. The first kappa shape index (κ1) is 76.3. The van der Waals surface area contributed by atoms with E-state index in [-0.39, 0.29) is 18.5 Å². The van der Waals surface area contributed by atoms with Crippen LogP contribution in [0.25, 0.3) is 0 Å². The Balaban J connectivity index is 3.40. The molecular formula is C72H139NO5. The van der Waals surface area contributed by atoms with Gasteiger partial charge in [-0.15, -0.1) is 0 Å². The summed E-state index contributed by atoms with van der Waals surface area (Å²) in [6.07, 6.45) is 85.4. The Bertz CT molecular complexity index is 1220. The van der Waals surface area contributed by atoms with E-state index in [9.17, 15) is 19.8 Å². The van der Waals surface area contributed by atoms with Crippen molar-refractivity contribution in [1.82, 2.24) is 5.32 Å². The van der Waals surface area contributed by atoms with Crippen LogP contribution in [0, 0.1) is 0 Å². The number of carbonyl (C=O) groups is 2. The summed E-state index contributed by atoms with van der Waals surface area (Å²) in [4.78, 5) is 24.6. The molecule has 2 atom stereocenters. The molecule has 0 aromatic rings. The number of amides is 1. The number of allylic oxidation sites excluding steroid dienone is 3. The highest BCUT2D eigenvalue weighted by molar-refractivity contribution is 5.76. The molecule has 0 aliphatic heterocycles. The highest BCUT2D eigenvalue weighted by Crippen LogP contribution is 2.19. The minimum absolute atomic E-state index is 0.0168. The molecule has 0 heterocycles. The molecule has 0 radical (unpaired) electrons. The van der Waals surface area contributed by atoms with Gasteiger partial charge < -0.3 is 20.3 Å². The van der Waals surface area contributed by atoms with Gasteiger partial charge in [-0.25, -0.2) is 0 Å². The first-order valence-electron chi connectivity index (χ1n) is 35.6. The number of unbranched alkanes of at least 4 members (excludes halogenated alkanes) is 54. The van der Waals surface area contributed by atoms with E-state index in [1.807, 2.05) is 6.08 Å². The molecule has 0 aliphatic rings. The standard InChI is InChI=1S/C72H139NO5/c1-3-5-7-9-11-13-15-17-18-19-20-29-32-35-38-41-44-48-52-56-60-64-70(75)69(68-74)73-71(76)65-61-57-53-49-45-42-39-36-33-30-27-25-23-21-22-24-26-28-31-34-37-40-43-47-51-55-59-63-67-78-72(77)66-62-58-54-50-46-16-14-12-10-8-6-4-2/h21-22,60,64,69-70,74-75H,3-20,23-59,61-63,65-68H2,1-2H3,(H,73,76)/b22-21-,64-60+. The van der Waals surface area contributed by atoms with Crippen LogP contribution in [-0.4, -0.2) is 47.4 Å². The van der Waals surface area contributed by atoms with E-state index in [0.717, 1.165) is 38.5 Å². The maximum atomic E-state index is 12.5. The van der Waals surface area contributed by atoms with Crippen molar-refractivity contribution in [1.29, 1.82) is 0 Å². The molecule has 0 rings (SSSR count). The molecular weight excluding hydrogens is 959 g/mol. The van der Waals surface area contributed by atoms with Gasteiger partial charge in [0.1, 0.15) is 0 Å². The number of aliphatic hydroxyl groups is 2. The van der Waals surface area contributed by atoms with E-state index >= 15 is 0 Å². The number of esters is 1. The fraction of sp³-hybridized carbons (Fsp3) is 0.917. The topological polar surface area (TPSA) is 95.9 Å². The van der Waals surface area contributed by atoms with Gasteiger partial charge in [-0.3, -0.25) is 9.59 Å². The summed E-state index contributed by atoms with van der Waals surface area (Å²) in [6.45, 7) is 4.94. The predicted molar refractivity (Wildman–Crippen MR) is 343 cm³/mol. The summed E-state index contributed by atoms with van der Waals surface area (Å²) in [6, 6.07) is -0.628. The maximum absolute atomic E-state index is 12.5. The molecule has 1 amide bonds. The van der Waals surface area contributed by atoms with Crippen LogP contribution in [0.2, 0.25) is 0 Å². The van der Waals surface area contributed by atoms with Gasteiger partial charge in [-0.05, 0) is 57.8 Å². The lowest BCUT2D eigenvalue weighted by molar-refractivity contribution is -0.143. The van der Waals surface area contributed by atoms with Gasteiger partial charge in [0.05, 0.1) is 25.4 Å². The highest BCUT2D eigenvalue weighted by atomic mass is 16.5. The summed E-state index contributed by atoms with van der Waals surface area (Å²) >= 11 is 0. The molecule has 3 N–H and O–H groups in total. The molecule has 0 bridgehead atoms. The molecule has 462 valence electrons. The molecule has 0 saturated heterocycles. The number of rotatable bonds is 67.